The fourth-order valence-electron chi connectivity index (χ4n) is 3.53. The van der Waals surface area contributed by atoms with Gasteiger partial charge in [-0.1, -0.05) is 49.7 Å². The number of fused-ring (bicyclic) bond motifs is 1. The molecule has 1 aliphatic carbocycles. The fourth-order valence-corrected chi connectivity index (χ4v) is 4.11. The highest BCUT2D eigenvalue weighted by Crippen LogP contribution is 2.29. The van der Waals surface area contributed by atoms with Crippen LogP contribution in [0.4, 0.5) is 0 Å². The summed E-state index contributed by atoms with van der Waals surface area (Å²) in [6, 6.07) is 8.26. The number of aromatic nitrogens is 3. The SMILES string of the molecule is C[C@@H]1CCCC[C@@H]1NC(=O)CSc1nnc(-c2c[nH]c3ccccc23)o1. The van der Waals surface area contributed by atoms with Crippen LogP contribution in [0.5, 0.6) is 0 Å². The van der Waals surface area contributed by atoms with Crippen LogP contribution in [0.15, 0.2) is 40.1 Å². The Morgan fingerprint density at radius 3 is 3.04 bits per heavy atom. The Labute approximate surface area is 156 Å². The number of carbonyl (C=O) groups excluding carboxylic acids is 1. The lowest BCUT2D eigenvalue weighted by atomic mass is 9.86. The molecule has 4 rings (SSSR count). The minimum Gasteiger partial charge on any atom is -0.411 e. The summed E-state index contributed by atoms with van der Waals surface area (Å²) in [6.45, 7) is 2.21. The summed E-state index contributed by atoms with van der Waals surface area (Å²) in [5, 5.41) is 12.8. The van der Waals surface area contributed by atoms with Gasteiger partial charge < -0.3 is 14.7 Å². The molecule has 0 radical (unpaired) electrons. The number of hydrogen-bond donors (Lipinski definition) is 2. The maximum Gasteiger partial charge on any atom is 0.277 e. The van der Waals surface area contributed by atoms with Gasteiger partial charge in [0.2, 0.25) is 5.91 Å². The number of rotatable bonds is 5. The molecule has 1 aliphatic rings. The molecule has 2 atom stereocenters. The second-order valence-electron chi connectivity index (χ2n) is 6.85. The number of para-hydroxylation sites is 1. The van der Waals surface area contributed by atoms with Gasteiger partial charge in [-0.05, 0) is 24.8 Å². The van der Waals surface area contributed by atoms with E-state index in [1.165, 1.54) is 31.0 Å². The smallest absolute Gasteiger partial charge is 0.277 e. The lowest BCUT2D eigenvalue weighted by molar-refractivity contribution is -0.119. The van der Waals surface area contributed by atoms with Crippen LogP contribution in [0.3, 0.4) is 0 Å². The molecule has 6 nitrogen and oxygen atoms in total. The Bertz CT molecular complexity index is 904. The molecule has 0 saturated heterocycles. The van der Waals surface area contributed by atoms with Crippen molar-refractivity contribution in [2.24, 2.45) is 5.92 Å². The highest BCUT2D eigenvalue weighted by molar-refractivity contribution is 7.99. The monoisotopic (exact) mass is 370 g/mol. The van der Waals surface area contributed by atoms with E-state index in [-0.39, 0.29) is 5.91 Å². The maximum atomic E-state index is 12.2. The summed E-state index contributed by atoms with van der Waals surface area (Å²) in [5.74, 6) is 1.33. The first kappa shape index (κ1) is 17.1. The molecule has 2 aromatic heterocycles. The minimum absolute atomic E-state index is 0.0283. The van der Waals surface area contributed by atoms with Crippen LogP contribution in [-0.2, 0) is 4.79 Å². The minimum atomic E-state index is 0.0283. The van der Waals surface area contributed by atoms with Crippen molar-refractivity contribution in [3.63, 3.8) is 0 Å². The number of benzene rings is 1. The zero-order valence-electron chi connectivity index (χ0n) is 14.7. The topological polar surface area (TPSA) is 83.8 Å². The molecule has 7 heteroatoms. The van der Waals surface area contributed by atoms with Crippen molar-refractivity contribution in [3.8, 4) is 11.5 Å². The van der Waals surface area contributed by atoms with Gasteiger partial charge in [-0.25, -0.2) is 0 Å². The Kier molecular flexibility index (Phi) is 4.97. The number of hydrogen-bond acceptors (Lipinski definition) is 5. The van der Waals surface area contributed by atoms with E-state index in [1.54, 1.807) is 0 Å². The Balaban J connectivity index is 1.37. The summed E-state index contributed by atoms with van der Waals surface area (Å²) in [7, 11) is 0. The van der Waals surface area contributed by atoms with E-state index < -0.39 is 0 Å². The van der Waals surface area contributed by atoms with Crippen LogP contribution in [0.1, 0.15) is 32.6 Å². The Morgan fingerprint density at radius 2 is 2.15 bits per heavy atom. The molecule has 1 saturated carbocycles. The predicted octanol–water partition coefficient (Wildman–Crippen LogP) is 4.00. The van der Waals surface area contributed by atoms with E-state index in [2.05, 4.69) is 27.4 Å². The first-order chi connectivity index (χ1) is 12.7. The molecule has 3 aromatic rings. The van der Waals surface area contributed by atoms with Crippen LogP contribution in [-0.4, -0.2) is 32.9 Å². The third kappa shape index (κ3) is 3.62. The van der Waals surface area contributed by atoms with Crippen molar-refractivity contribution < 1.29 is 9.21 Å². The van der Waals surface area contributed by atoms with E-state index in [0.29, 0.717) is 28.8 Å². The maximum absolute atomic E-state index is 12.2. The van der Waals surface area contributed by atoms with Gasteiger partial charge >= 0.3 is 0 Å². The van der Waals surface area contributed by atoms with E-state index in [1.807, 2.05) is 30.5 Å². The van der Waals surface area contributed by atoms with Gasteiger partial charge in [-0.2, -0.15) is 0 Å². The number of H-pyrrole nitrogens is 1. The number of nitrogens with one attached hydrogen (secondary N) is 2. The molecule has 1 fully saturated rings. The van der Waals surface area contributed by atoms with Crippen molar-refractivity contribution in [3.05, 3.63) is 30.5 Å². The summed E-state index contributed by atoms with van der Waals surface area (Å²) in [4.78, 5) is 15.4. The summed E-state index contributed by atoms with van der Waals surface area (Å²) in [6.07, 6.45) is 6.59. The molecule has 1 amide bonds. The van der Waals surface area contributed by atoms with Crippen LogP contribution >= 0.6 is 11.8 Å². The van der Waals surface area contributed by atoms with Gasteiger partial charge in [0, 0.05) is 23.1 Å². The average Bonchev–Trinajstić information content (AvgIpc) is 3.28. The van der Waals surface area contributed by atoms with E-state index in [9.17, 15) is 4.79 Å². The molecule has 1 aromatic carbocycles. The third-order valence-electron chi connectivity index (χ3n) is 5.01. The Morgan fingerprint density at radius 1 is 1.31 bits per heavy atom. The third-order valence-corrected chi connectivity index (χ3v) is 5.83. The van der Waals surface area contributed by atoms with Gasteiger partial charge in [-0.3, -0.25) is 4.79 Å². The number of carbonyl (C=O) groups is 1. The summed E-state index contributed by atoms with van der Waals surface area (Å²) < 4.78 is 5.74. The lowest BCUT2D eigenvalue weighted by Gasteiger charge is -2.29. The van der Waals surface area contributed by atoms with Crippen molar-refractivity contribution in [2.75, 3.05) is 5.75 Å². The molecule has 2 N–H and O–H groups in total. The van der Waals surface area contributed by atoms with Crippen molar-refractivity contribution in [2.45, 2.75) is 43.9 Å². The first-order valence-electron chi connectivity index (χ1n) is 9.03. The molecule has 2 heterocycles. The van der Waals surface area contributed by atoms with Crippen molar-refractivity contribution >= 4 is 28.6 Å². The van der Waals surface area contributed by atoms with Gasteiger partial charge in [0.1, 0.15) is 0 Å². The zero-order valence-corrected chi connectivity index (χ0v) is 15.5. The van der Waals surface area contributed by atoms with Crippen molar-refractivity contribution in [1.29, 1.82) is 0 Å². The first-order valence-corrected chi connectivity index (χ1v) is 10.0. The second-order valence-corrected chi connectivity index (χ2v) is 7.77. The van der Waals surface area contributed by atoms with Crippen LogP contribution in [0.25, 0.3) is 22.4 Å². The molecular weight excluding hydrogens is 348 g/mol. The van der Waals surface area contributed by atoms with Gasteiger partial charge in [0.15, 0.2) is 0 Å². The van der Waals surface area contributed by atoms with E-state index >= 15 is 0 Å². The average molecular weight is 370 g/mol. The van der Waals surface area contributed by atoms with E-state index in [0.717, 1.165) is 22.9 Å². The fraction of sp³-hybridized carbons (Fsp3) is 0.421. The lowest BCUT2D eigenvalue weighted by Crippen LogP contribution is -2.41. The quantitative estimate of drug-likeness (QED) is 0.663. The van der Waals surface area contributed by atoms with Gasteiger partial charge in [0.25, 0.3) is 11.1 Å². The number of nitrogens with zero attached hydrogens (tertiary/aromatic N) is 2. The van der Waals surface area contributed by atoms with Crippen molar-refractivity contribution in [1.82, 2.24) is 20.5 Å². The normalized spacial score (nSPS) is 20.3. The van der Waals surface area contributed by atoms with Crippen LogP contribution < -0.4 is 5.32 Å². The number of aromatic amines is 1. The zero-order chi connectivity index (χ0) is 17.9. The highest BCUT2D eigenvalue weighted by atomic mass is 32.2. The second kappa shape index (κ2) is 7.53. The molecule has 0 unspecified atom stereocenters. The number of thioether (sulfide) groups is 1. The molecule has 0 spiro atoms. The summed E-state index contributed by atoms with van der Waals surface area (Å²) in [5.41, 5.74) is 1.90. The summed E-state index contributed by atoms with van der Waals surface area (Å²) >= 11 is 1.28. The Hall–Kier alpha value is -2.28. The molecule has 26 heavy (non-hydrogen) atoms. The molecule has 136 valence electrons. The standard InChI is InChI=1S/C19H22N4O2S/c1-12-6-2-4-8-15(12)21-17(24)11-26-19-23-22-18(25-19)14-10-20-16-9-5-3-7-13(14)16/h3,5,7,9-10,12,15,20H,2,4,6,8,11H2,1H3,(H,21,24)/t12-,15+/m1/s1. The molecule has 0 aliphatic heterocycles. The van der Waals surface area contributed by atoms with Gasteiger partial charge in [0.05, 0.1) is 11.3 Å². The molecular formula is C19H22N4O2S. The predicted molar refractivity (Wildman–Crippen MR) is 102 cm³/mol. The van der Waals surface area contributed by atoms with Gasteiger partial charge in [-0.15, -0.1) is 10.2 Å². The van der Waals surface area contributed by atoms with Crippen LogP contribution in [0, 0.1) is 5.92 Å². The number of amides is 1. The largest absolute Gasteiger partial charge is 0.411 e. The highest BCUT2D eigenvalue weighted by Gasteiger charge is 2.23. The van der Waals surface area contributed by atoms with E-state index in [4.69, 9.17) is 4.42 Å². The van der Waals surface area contributed by atoms with Crippen LogP contribution in [0.2, 0.25) is 0 Å². The molecule has 0 bridgehead atoms.